The molecule has 0 bridgehead atoms. The van der Waals surface area contributed by atoms with Crippen LogP contribution in [-0.2, 0) is 13.0 Å². The zero-order valence-electron chi connectivity index (χ0n) is 14.7. The second kappa shape index (κ2) is 6.64. The van der Waals surface area contributed by atoms with Gasteiger partial charge in [0, 0.05) is 24.5 Å². The molecular formula is C22H20N2O2. The van der Waals surface area contributed by atoms with Gasteiger partial charge in [0.15, 0.2) is 0 Å². The minimum Gasteiger partial charge on any atom is -0.310 e. The Balaban J connectivity index is 1.65. The summed E-state index contributed by atoms with van der Waals surface area (Å²) in [7, 11) is 0. The van der Waals surface area contributed by atoms with Crippen molar-refractivity contribution in [3.63, 3.8) is 0 Å². The molecule has 0 saturated heterocycles. The molecule has 0 spiro atoms. The van der Waals surface area contributed by atoms with Crippen LogP contribution in [0.25, 0.3) is 0 Å². The fraction of sp³-hybridized carbons (Fsp3) is 0.182. The number of carbonyl (C=O) groups excluding carboxylic acids is 1. The van der Waals surface area contributed by atoms with Gasteiger partial charge in [-0.25, -0.2) is 0 Å². The Labute approximate surface area is 152 Å². The van der Waals surface area contributed by atoms with E-state index in [0.717, 1.165) is 23.2 Å². The van der Waals surface area contributed by atoms with Crippen molar-refractivity contribution in [1.29, 1.82) is 0 Å². The maximum absolute atomic E-state index is 13.0. The van der Waals surface area contributed by atoms with Gasteiger partial charge in [0.1, 0.15) is 0 Å². The van der Waals surface area contributed by atoms with Gasteiger partial charge in [-0.3, -0.25) is 9.59 Å². The Kier molecular flexibility index (Phi) is 4.17. The van der Waals surface area contributed by atoms with Crippen molar-refractivity contribution in [2.45, 2.75) is 19.9 Å². The summed E-state index contributed by atoms with van der Waals surface area (Å²) in [6, 6.07) is 19.1. The number of amides is 1. The highest BCUT2D eigenvalue weighted by molar-refractivity contribution is 6.07. The third-order valence-corrected chi connectivity index (χ3v) is 4.96. The van der Waals surface area contributed by atoms with Crippen molar-refractivity contribution >= 4 is 11.6 Å². The van der Waals surface area contributed by atoms with Crippen LogP contribution < -0.4 is 10.5 Å². The van der Waals surface area contributed by atoms with Crippen LogP contribution in [0.15, 0.2) is 71.7 Å². The zero-order chi connectivity index (χ0) is 18.1. The number of hydrogen-bond donors (Lipinski definition) is 0. The molecule has 0 radical (unpaired) electrons. The molecule has 0 fully saturated rings. The SMILES string of the molecule is Cc1ccccc1Cn1cc(C(=O)N2CCc3ccccc32)ccc1=O. The van der Waals surface area contributed by atoms with Crippen molar-refractivity contribution in [1.82, 2.24) is 4.57 Å². The standard InChI is InChI=1S/C22H20N2O2/c1-16-6-2-3-8-18(16)14-23-15-19(10-11-21(23)25)22(26)24-13-12-17-7-4-5-9-20(17)24/h2-11,15H,12-14H2,1H3. The highest BCUT2D eigenvalue weighted by Crippen LogP contribution is 2.28. The highest BCUT2D eigenvalue weighted by Gasteiger charge is 2.25. The molecule has 4 rings (SSSR count). The topological polar surface area (TPSA) is 42.3 Å². The van der Waals surface area contributed by atoms with Crippen molar-refractivity contribution in [3.05, 3.63) is 99.5 Å². The van der Waals surface area contributed by atoms with Crippen LogP contribution in [0, 0.1) is 6.92 Å². The Bertz CT molecular complexity index is 1040. The van der Waals surface area contributed by atoms with Crippen LogP contribution in [0.4, 0.5) is 5.69 Å². The molecule has 0 saturated carbocycles. The Morgan fingerprint density at radius 1 is 1.00 bits per heavy atom. The van der Waals surface area contributed by atoms with Gasteiger partial charge < -0.3 is 9.47 Å². The quantitative estimate of drug-likeness (QED) is 0.731. The number of fused-ring (bicyclic) bond motifs is 1. The van der Waals surface area contributed by atoms with Gasteiger partial charge in [-0.2, -0.15) is 0 Å². The molecule has 0 N–H and O–H groups in total. The second-order valence-electron chi connectivity index (χ2n) is 6.65. The number of hydrogen-bond acceptors (Lipinski definition) is 2. The maximum Gasteiger partial charge on any atom is 0.259 e. The van der Waals surface area contributed by atoms with E-state index < -0.39 is 0 Å². The lowest BCUT2D eigenvalue weighted by Gasteiger charge is -2.18. The van der Waals surface area contributed by atoms with Crippen LogP contribution in [-0.4, -0.2) is 17.0 Å². The molecule has 2 aromatic carbocycles. The van der Waals surface area contributed by atoms with E-state index in [4.69, 9.17) is 0 Å². The Hall–Kier alpha value is -3.14. The molecule has 0 unspecified atom stereocenters. The van der Waals surface area contributed by atoms with Crippen molar-refractivity contribution in [2.24, 2.45) is 0 Å². The number of aryl methyl sites for hydroxylation is 1. The third-order valence-electron chi connectivity index (χ3n) is 4.96. The van der Waals surface area contributed by atoms with E-state index in [1.165, 1.54) is 11.6 Å². The minimum absolute atomic E-state index is 0.0616. The van der Waals surface area contributed by atoms with E-state index in [1.807, 2.05) is 49.4 Å². The van der Waals surface area contributed by atoms with Crippen molar-refractivity contribution < 1.29 is 4.79 Å². The summed E-state index contributed by atoms with van der Waals surface area (Å²) in [6.07, 6.45) is 2.54. The van der Waals surface area contributed by atoms with Gasteiger partial charge in [-0.15, -0.1) is 0 Å². The monoisotopic (exact) mass is 344 g/mol. The van der Waals surface area contributed by atoms with Gasteiger partial charge in [0.2, 0.25) is 0 Å². The zero-order valence-corrected chi connectivity index (χ0v) is 14.7. The van der Waals surface area contributed by atoms with Crippen LogP contribution in [0.3, 0.4) is 0 Å². The number of aromatic nitrogens is 1. The first kappa shape index (κ1) is 16.3. The molecule has 4 heteroatoms. The number of benzene rings is 2. The van der Waals surface area contributed by atoms with E-state index in [2.05, 4.69) is 6.07 Å². The van der Waals surface area contributed by atoms with E-state index in [9.17, 15) is 9.59 Å². The van der Waals surface area contributed by atoms with Crippen LogP contribution in [0.2, 0.25) is 0 Å². The number of carbonyl (C=O) groups is 1. The predicted molar refractivity (Wildman–Crippen MR) is 103 cm³/mol. The summed E-state index contributed by atoms with van der Waals surface area (Å²) in [6.45, 7) is 3.16. The van der Waals surface area contributed by atoms with E-state index >= 15 is 0 Å². The second-order valence-corrected chi connectivity index (χ2v) is 6.65. The molecule has 1 amide bonds. The van der Waals surface area contributed by atoms with E-state index in [0.29, 0.717) is 18.7 Å². The van der Waals surface area contributed by atoms with Crippen LogP contribution >= 0.6 is 0 Å². The fourth-order valence-electron chi connectivity index (χ4n) is 3.46. The molecule has 3 aromatic rings. The van der Waals surface area contributed by atoms with Crippen LogP contribution in [0.1, 0.15) is 27.0 Å². The first-order valence-electron chi connectivity index (χ1n) is 8.78. The van der Waals surface area contributed by atoms with Gasteiger partial charge in [0.05, 0.1) is 12.1 Å². The molecule has 130 valence electrons. The van der Waals surface area contributed by atoms with Gasteiger partial charge in [0.25, 0.3) is 11.5 Å². The molecule has 26 heavy (non-hydrogen) atoms. The smallest absolute Gasteiger partial charge is 0.259 e. The van der Waals surface area contributed by atoms with Crippen molar-refractivity contribution in [2.75, 3.05) is 11.4 Å². The number of pyridine rings is 1. The molecule has 1 aliphatic heterocycles. The lowest BCUT2D eigenvalue weighted by Crippen LogP contribution is -2.30. The summed E-state index contributed by atoms with van der Waals surface area (Å²) < 4.78 is 1.61. The fourth-order valence-corrected chi connectivity index (χ4v) is 3.46. The molecule has 0 atom stereocenters. The average molecular weight is 344 g/mol. The number of nitrogens with zero attached hydrogens (tertiary/aromatic N) is 2. The molecule has 2 heterocycles. The van der Waals surface area contributed by atoms with E-state index in [-0.39, 0.29) is 11.5 Å². The number of anilines is 1. The lowest BCUT2D eigenvalue weighted by molar-refractivity contribution is 0.0988. The Morgan fingerprint density at radius 3 is 2.62 bits per heavy atom. The molecule has 4 nitrogen and oxygen atoms in total. The first-order chi connectivity index (χ1) is 12.6. The Morgan fingerprint density at radius 2 is 1.77 bits per heavy atom. The van der Waals surface area contributed by atoms with Crippen molar-refractivity contribution in [3.8, 4) is 0 Å². The molecule has 1 aliphatic rings. The predicted octanol–water partition coefficient (Wildman–Crippen LogP) is 3.41. The summed E-state index contributed by atoms with van der Waals surface area (Å²) in [5, 5.41) is 0. The third kappa shape index (κ3) is 2.94. The summed E-state index contributed by atoms with van der Waals surface area (Å²) in [4.78, 5) is 27.1. The van der Waals surface area contributed by atoms with Gasteiger partial charge in [-0.05, 0) is 42.2 Å². The summed E-state index contributed by atoms with van der Waals surface area (Å²) >= 11 is 0. The number of para-hydroxylation sites is 1. The summed E-state index contributed by atoms with van der Waals surface area (Å²) in [5.41, 5.74) is 4.79. The van der Waals surface area contributed by atoms with Gasteiger partial charge in [-0.1, -0.05) is 42.5 Å². The minimum atomic E-state index is -0.105. The normalized spacial score (nSPS) is 12.9. The average Bonchev–Trinajstić information content (AvgIpc) is 3.09. The summed E-state index contributed by atoms with van der Waals surface area (Å²) in [5.74, 6) is -0.0616. The van der Waals surface area contributed by atoms with E-state index in [1.54, 1.807) is 21.7 Å². The largest absolute Gasteiger partial charge is 0.310 e. The number of rotatable bonds is 3. The maximum atomic E-state index is 13.0. The molecule has 0 aliphatic carbocycles. The molecular weight excluding hydrogens is 324 g/mol. The van der Waals surface area contributed by atoms with Gasteiger partial charge >= 0.3 is 0 Å². The van der Waals surface area contributed by atoms with Crippen LogP contribution in [0.5, 0.6) is 0 Å². The lowest BCUT2D eigenvalue weighted by atomic mass is 10.1. The highest BCUT2D eigenvalue weighted by atomic mass is 16.2. The first-order valence-corrected chi connectivity index (χ1v) is 8.78. The molecule has 1 aromatic heterocycles.